The molecule has 2 aliphatic rings. The molecule has 13 heteroatoms. The van der Waals surface area contributed by atoms with Gasteiger partial charge in [0, 0.05) is 29.6 Å². The van der Waals surface area contributed by atoms with Crippen molar-refractivity contribution in [2.45, 2.75) is 283 Å². The van der Waals surface area contributed by atoms with Crippen LogP contribution in [-0.4, -0.2) is 89.7 Å². The topological polar surface area (TPSA) is 191 Å². The van der Waals surface area contributed by atoms with Gasteiger partial charge in [-0.15, -0.1) is 0 Å². The summed E-state index contributed by atoms with van der Waals surface area (Å²) >= 11 is 0. The predicted octanol–water partition coefficient (Wildman–Crippen LogP) is 19.3. The van der Waals surface area contributed by atoms with Crippen molar-refractivity contribution in [3.8, 4) is 28.7 Å². The predicted molar refractivity (Wildman–Crippen MR) is 393 cm³/mol. The molecule has 5 aromatic rings. The second-order valence-electron chi connectivity index (χ2n) is 35.8. The Bertz CT molecular complexity index is 3280. The molecular weight excluding hydrogens is 1220 g/mol. The molecule has 0 aromatic heterocycles. The number of aromatic hydroxyl groups is 5. The quantitative estimate of drug-likeness (QED) is 0.0587. The molecule has 0 aliphatic carbocycles. The van der Waals surface area contributed by atoms with Crippen molar-refractivity contribution in [3.63, 3.8) is 0 Å². The number of esters is 2. The molecule has 7 rings (SSSR count). The highest BCUT2D eigenvalue weighted by Gasteiger charge is 2.48. The number of aryl methyl sites for hydroxylation is 7. The van der Waals surface area contributed by atoms with Gasteiger partial charge in [-0.1, -0.05) is 220 Å². The van der Waals surface area contributed by atoms with Crippen molar-refractivity contribution in [2.24, 2.45) is 16.2 Å². The summed E-state index contributed by atoms with van der Waals surface area (Å²) in [5.41, 5.74) is 13.0. The molecule has 13 nitrogen and oxygen atoms in total. The number of phenolic OH excluding ortho intramolecular Hbond substituents is 5. The summed E-state index contributed by atoms with van der Waals surface area (Å²) in [5.74, 6) is 1.46. The average Bonchev–Trinajstić information content (AvgIpc) is 0.791. The van der Waals surface area contributed by atoms with Crippen LogP contribution in [0, 0.1) is 50.9 Å². The van der Waals surface area contributed by atoms with E-state index in [1.165, 1.54) is 16.7 Å². The molecule has 2 heterocycles. The molecule has 5 aromatic carbocycles. The number of ether oxygens (including phenoxy) is 6. The van der Waals surface area contributed by atoms with Crippen LogP contribution in [0.4, 0.5) is 0 Å². The van der Waals surface area contributed by atoms with Crippen LogP contribution in [0.1, 0.15) is 274 Å². The zero-order chi connectivity index (χ0) is 73.7. The van der Waals surface area contributed by atoms with E-state index in [9.17, 15) is 35.1 Å². The third-order valence-electron chi connectivity index (χ3n) is 18.8. The summed E-state index contributed by atoms with van der Waals surface area (Å²) in [4.78, 5) is 25.5. The van der Waals surface area contributed by atoms with Gasteiger partial charge in [-0.3, -0.25) is 9.59 Å². The summed E-state index contributed by atoms with van der Waals surface area (Å²) in [6.45, 7) is 59.7. The lowest BCUT2D eigenvalue weighted by Crippen LogP contribution is -2.57. The maximum absolute atomic E-state index is 12.7. The highest BCUT2D eigenvalue weighted by Crippen LogP contribution is 2.45. The van der Waals surface area contributed by atoms with Gasteiger partial charge in [0.2, 0.25) is 0 Å². The molecular formula is C84H126O13. The molecule has 0 unspecified atom stereocenters. The number of carbonyl (C=O) groups excluding carboxylic acids is 2. The zero-order valence-electron chi connectivity index (χ0n) is 65.0. The van der Waals surface area contributed by atoms with Crippen LogP contribution < -0.4 is 0 Å². The first-order valence-electron chi connectivity index (χ1n) is 35.2. The van der Waals surface area contributed by atoms with Crippen LogP contribution in [0.15, 0.2) is 60.7 Å². The molecule has 540 valence electrons. The smallest absolute Gasteiger partial charge is 0.306 e. The van der Waals surface area contributed by atoms with Crippen molar-refractivity contribution in [1.29, 1.82) is 0 Å². The summed E-state index contributed by atoms with van der Waals surface area (Å²) < 4.78 is 36.1. The van der Waals surface area contributed by atoms with Crippen molar-refractivity contribution in [3.05, 3.63) is 144 Å². The Morgan fingerprint density at radius 2 is 0.722 bits per heavy atom. The Morgan fingerprint density at radius 1 is 0.423 bits per heavy atom. The normalized spacial score (nSPS) is 17.5. The lowest BCUT2D eigenvalue weighted by atomic mass is 9.76. The maximum atomic E-state index is 12.7. The molecule has 5 N–H and O–H groups in total. The van der Waals surface area contributed by atoms with Crippen molar-refractivity contribution in [1.82, 2.24) is 0 Å². The van der Waals surface area contributed by atoms with Crippen molar-refractivity contribution < 1.29 is 63.5 Å². The van der Waals surface area contributed by atoms with Crippen molar-refractivity contribution in [2.75, 3.05) is 39.6 Å². The zero-order valence-corrected chi connectivity index (χ0v) is 65.0. The molecule has 0 bridgehead atoms. The number of phenols is 5. The van der Waals surface area contributed by atoms with E-state index in [4.69, 9.17) is 28.4 Å². The SMILES string of the molecule is CCCC(c1cc(C(C)(C)C)c(O)cc1C)c1cc(C(C)(C)C)c(O)cc1C.Cc1cc(C(C)(C)C)c(O)c(C(C)(C)C)c1.Cc1cc(CCC(=O)OCC(C)(C)C2OCC3(CO2)COC(C(C)(C)COC(=O)CCc2cc(C)c(O)c(C(C)(C)C)c2)OC3)cc(C(C)(C)C)c1O. The Morgan fingerprint density at radius 3 is 1.01 bits per heavy atom. The van der Waals surface area contributed by atoms with E-state index >= 15 is 0 Å². The van der Waals surface area contributed by atoms with Gasteiger partial charge in [0.1, 0.15) is 42.0 Å². The highest BCUT2D eigenvalue weighted by atomic mass is 16.7. The second-order valence-corrected chi connectivity index (χ2v) is 35.8. The van der Waals surface area contributed by atoms with E-state index < -0.39 is 28.8 Å². The minimum absolute atomic E-state index is 0.0178. The van der Waals surface area contributed by atoms with Gasteiger partial charge in [-0.05, 0) is 176 Å². The van der Waals surface area contributed by atoms with E-state index in [0.717, 1.165) is 79.6 Å². The second kappa shape index (κ2) is 31.2. The van der Waals surface area contributed by atoms with Gasteiger partial charge < -0.3 is 54.0 Å². The summed E-state index contributed by atoms with van der Waals surface area (Å²) in [6, 6.07) is 20.2. The first-order chi connectivity index (χ1) is 44.2. The molecule has 0 atom stereocenters. The number of hydrogen-bond acceptors (Lipinski definition) is 13. The fraction of sp³-hybridized carbons (Fsp3) is 0.619. The van der Waals surface area contributed by atoms with Crippen LogP contribution in [0.5, 0.6) is 28.7 Å². The maximum Gasteiger partial charge on any atom is 0.306 e. The van der Waals surface area contributed by atoms with Crippen LogP contribution >= 0.6 is 0 Å². The highest BCUT2D eigenvalue weighted by molar-refractivity contribution is 5.70. The Labute approximate surface area is 584 Å². The summed E-state index contributed by atoms with van der Waals surface area (Å²) in [6.07, 6.45) is 2.43. The van der Waals surface area contributed by atoms with Crippen LogP contribution in [0.2, 0.25) is 0 Å². The number of hydrogen-bond donors (Lipinski definition) is 5. The van der Waals surface area contributed by atoms with Gasteiger partial charge in [-0.2, -0.15) is 0 Å². The van der Waals surface area contributed by atoms with Crippen LogP contribution in [0.3, 0.4) is 0 Å². The van der Waals surface area contributed by atoms with Crippen molar-refractivity contribution >= 4 is 11.9 Å². The largest absolute Gasteiger partial charge is 0.508 e. The number of benzene rings is 5. The van der Waals surface area contributed by atoms with Gasteiger partial charge in [0.15, 0.2) is 12.6 Å². The van der Waals surface area contributed by atoms with E-state index in [1.807, 2.05) is 77.9 Å². The molecule has 2 aliphatic heterocycles. The van der Waals surface area contributed by atoms with Gasteiger partial charge in [0.25, 0.3) is 0 Å². The Hall–Kier alpha value is -6.12. The minimum atomic E-state index is -0.591. The van der Waals surface area contributed by atoms with Crippen LogP contribution in [-0.2, 0) is 83.3 Å². The first kappa shape index (κ1) is 81.6. The lowest BCUT2D eigenvalue weighted by molar-refractivity contribution is -0.337. The minimum Gasteiger partial charge on any atom is -0.508 e. The standard InChI is InChI=1S/C43H64O10.C26H38O2.C15H24O/c1-27-17-29(19-31(35(27)46)39(3,4)5)13-15-33(44)48-21-41(9,10)37-50-23-43(24-51-37)25-52-38(53-26-43)42(11,12)22-49-34(45)16-14-30-18-28(2)36(47)32(20-30)40(6,7)8;1-10-11-18(19-14-21(25(4,5)6)23(27)12-16(19)2)20-15-22(26(7,8)9)24(28)13-17(20)3;1-10-8-11(14(2,3)4)13(16)12(9-10)15(5,6)7/h17-20,37-38,46-47H,13-16,21-26H2,1-12H3;12-15,18,27-28H,10-11H2,1-9H3;8-9,16H,1-7H3. The molecule has 0 radical (unpaired) electrons. The fourth-order valence-corrected chi connectivity index (χ4v) is 12.8. The monoisotopic (exact) mass is 1340 g/mol. The van der Waals surface area contributed by atoms with E-state index in [2.05, 4.69) is 177 Å². The van der Waals surface area contributed by atoms with E-state index in [-0.39, 0.29) is 76.4 Å². The molecule has 97 heavy (non-hydrogen) atoms. The third kappa shape index (κ3) is 21.7. The fourth-order valence-electron chi connectivity index (χ4n) is 12.8. The number of rotatable bonds is 16. The van der Waals surface area contributed by atoms with Gasteiger partial charge in [0.05, 0.1) is 31.8 Å². The first-order valence-corrected chi connectivity index (χ1v) is 35.2. The summed E-state index contributed by atoms with van der Waals surface area (Å²) in [7, 11) is 0. The summed E-state index contributed by atoms with van der Waals surface area (Å²) in [5, 5.41) is 52.5. The molecule has 2 saturated heterocycles. The Balaban J connectivity index is 0.000000318. The van der Waals surface area contributed by atoms with Gasteiger partial charge in [-0.25, -0.2) is 0 Å². The van der Waals surface area contributed by atoms with E-state index in [0.29, 0.717) is 68.0 Å². The molecule has 0 amide bonds. The third-order valence-corrected chi connectivity index (χ3v) is 18.8. The Kier molecular flexibility index (Phi) is 26.2. The number of carbonyl (C=O) groups is 2. The average molecular weight is 1340 g/mol. The lowest BCUT2D eigenvalue weighted by Gasteiger charge is -2.48. The van der Waals surface area contributed by atoms with Crippen LogP contribution in [0.25, 0.3) is 0 Å². The molecule has 0 saturated carbocycles. The van der Waals surface area contributed by atoms with E-state index in [1.54, 1.807) is 0 Å². The molecule has 2 fully saturated rings. The van der Waals surface area contributed by atoms with Gasteiger partial charge >= 0.3 is 11.9 Å². The molecule has 1 spiro atoms.